The van der Waals surface area contributed by atoms with E-state index >= 15 is 0 Å². The first-order chi connectivity index (χ1) is 6.24. The van der Waals surface area contributed by atoms with E-state index in [0.29, 0.717) is 11.8 Å². The van der Waals surface area contributed by atoms with E-state index in [9.17, 15) is 4.79 Å². The van der Waals surface area contributed by atoms with Gasteiger partial charge in [0.25, 0.3) is 0 Å². The molecule has 1 rings (SSSR count). The molecule has 66 valence electrons. The van der Waals surface area contributed by atoms with Crippen LogP contribution < -0.4 is 5.73 Å². The van der Waals surface area contributed by atoms with Crippen LogP contribution in [0.4, 0.5) is 5.82 Å². The van der Waals surface area contributed by atoms with Gasteiger partial charge in [0.15, 0.2) is 11.0 Å². The number of halogens is 1. The normalized spacial score (nSPS) is 8.69. The molecule has 4 nitrogen and oxygen atoms in total. The van der Waals surface area contributed by atoms with Gasteiger partial charge in [0.05, 0.1) is 12.0 Å². The molecule has 1 heterocycles. The van der Waals surface area contributed by atoms with Gasteiger partial charge < -0.3 is 10.5 Å². The van der Waals surface area contributed by atoms with Crippen LogP contribution >= 0.6 is 11.6 Å². The minimum Gasteiger partial charge on any atom is -0.381 e. The maximum atomic E-state index is 9.96. The van der Waals surface area contributed by atoms with Crippen molar-refractivity contribution < 1.29 is 4.79 Å². The second kappa shape index (κ2) is 4.43. The Labute approximate surface area is 80.1 Å². The molecular formula is C8H6ClN3O. The maximum absolute atomic E-state index is 9.96. The number of hydrogen-bond donors (Lipinski definition) is 1. The summed E-state index contributed by atoms with van der Waals surface area (Å²) in [6.45, 7) is 0. The number of nitrogen functional groups attached to an aromatic ring is 1. The van der Waals surface area contributed by atoms with Gasteiger partial charge >= 0.3 is 0 Å². The molecule has 2 N–H and O–H groups in total. The van der Waals surface area contributed by atoms with Crippen LogP contribution in [-0.4, -0.2) is 16.5 Å². The third-order valence-corrected chi connectivity index (χ3v) is 1.39. The number of carbonyl (C=O) groups is 1. The molecule has 5 heteroatoms. The molecule has 0 aliphatic heterocycles. The van der Waals surface area contributed by atoms with E-state index in [1.165, 1.54) is 6.07 Å². The standard InChI is InChI=1S/C8H6ClN3O/c9-7-5-6(3-1-2-4-13)8(10)12-11-7/h4-5H,2H2,(H2,10,12). The van der Waals surface area contributed by atoms with Crippen molar-refractivity contribution in [2.24, 2.45) is 0 Å². The van der Waals surface area contributed by atoms with Gasteiger partial charge in [-0.15, -0.1) is 10.2 Å². The smallest absolute Gasteiger partial charge is 0.162 e. The van der Waals surface area contributed by atoms with Crippen LogP contribution in [0.2, 0.25) is 5.15 Å². The fourth-order valence-corrected chi connectivity index (χ4v) is 0.812. The molecule has 0 spiro atoms. The van der Waals surface area contributed by atoms with Gasteiger partial charge in [-0.3, -0.25) is 0 Å². The van der Waals surface area contributed by atoms with Gasteiger partial charge in [-0.25, -0.2) is 0 Å². The van der Waals surface area contributed by atoms with E-state index < -0.39 is 0 Å². The third-order valence-electron chi connectivity index (χ3n) is 1.20. The zero-order valence-corrected chi connectivity index (χ0v) is 7.38. The van der Waals surface area contributed by atoms with Crippen LogP contribution in [0.25, 0.3) is 0 Å². The van der Waals surface area contributed by atoms with Crippen LogP contribution in [0.5, 0.6) is 0 Å². The van der Waals surface area contributed by atoms with Crippen LogP contribution in [0.1, 0.15) is 12.0 Å². The van der Waals surface area contributed by atoms with Gasteiger partial charge in [0, 0.05) is 0 Å². The molecule has 0 amide bonds. The summed E-state index contributed by atoms with van der Waals surface area (Å²) >= 11 is 5.56. The summed E-state index contributed by atoms with van der Waals surface area (Å²) in [5, 5.41) is 7.31. The van der Waals surface area contributed by atoms with Crippen molar-refractivity contribution in [2.75, 3.05) is 5.73 Å². The van der Waals surface area contributed by atoms with Crippen molar-refractivity contribution in [2.45, 2.75) is 6.42 Å². The molecule has 0 aliphatic rings. The fraction of sp³-hybridized carbons (Fsp3) is 0.125. The van der Waals surface area contributed by atoms with Crippen LogP contribution in [-0.2, 0) is 4.79 Å². The van der Waals surface area contributed by atoms with Gasteiger partial charge in [0.2, 0.25) is 0 Å². The van der Waals surface area contributed by atoms with Crippen molar-refractivity contribution in [3.63, 3.8) is 0 Å². The Morgan fingerprint density at radius 2 is 2.38 bits per heavy atom. The largest absolute Gasteiger partial charge is 0.381 e. The summed E-state index contributed by atoms with van der Waals surface area (Å²) in [6, 6.07) is 1.50. The minimum absolute atomic E-state index is 0.166. The molecule has 1 aromatic rings. The van der Waals surface area contributed by atoms with Gasteiger partial charge in [-0.05, 0) is 6.07 Å². The number of nitrogens with zero attached hydrogens (tertiary/aromatic N) is 2. The summed E-state index contributed by atoms with van der Waals surface area (Å²) in [4.78, 5) is 9.96. The van der Waals surface area contributed by atoms with Crippen molar-refractivity contribution in [3.05, 3.63) is 16.8 Å². The number of aromatic nitrogens is 2. The van der Waals surface area contributed by atoms with E-state index in [4.69, 9.17) is 17.3 Å². The lowest BCUT2D eigenvalue weighted by Crippen LogP contribution is -1.96. The number of nitrogens with two attached hydrogens (primary N) is 1. The molecule has 0 saturated heterocycles. The second-order valence-electron chi connectivity index (χ2n) is 2.14. The van der Waals surface area contributed by atoms with Crippen molar-refractivity contribution in [1.29, 1.82) is 0 Å². The number of carbonyl (C=O) groups excluding carboxylic acids is 1. The first-order valence-electron chi connectivity index (χ1n) is 3.45. The van der Waals surface area contributed by atoms with Crippen molar-refractivity contribution in [1.82, 2.24) is 10.2 Å². The van der Waals surface area contributed by atoms with E-state index in [1.807, 2.05) is 0 Å². The Morgan fingerprint density at radius 1 is 1.62 bits per heavy atom. The molecule has 13 heavy (non-hydrogen) atoms. The lowest BCUT2D eigenvalue weighted by molar-refractivity contribution is -0.107. The van der Waals surface area contributed by atoms with Crippen molar-refractivity contribution >= 4 is 23.7 Å². The minimum atomic E-state index is 0.166. The molecule has 0 unspecified atom stereocenters. The molecule has 1 aromatic heterocycles. The molecule has 0 bridgehead atoms. The average Bonchev–Trinajstić information content (AvgIpc) is 2.11. The van der Waals surface area contributed by atoms with Crippen LogP contribution in [0.3, 0.4) is 0 Å². The summed E-state index contributed by atoms with van der Waals surface area (Å²) in [5.74, 6) is 5.47. The Morgan fingerprint density at radius 3 is 3.08 bits per heavy atom. The summed E-state index contributed by atoms with van der Waals surface area (Å²) in [7, 11) is 0. The second-order valence-corrected chi connectivity index (χ2v) is 2.53. The van der Waals surface area contributed by atoms with Gasteiger partial charge in [-0.1, -0.05) is 23.4 Å². The highest BCUT2D eigenvalue weighted by molar-refractivity contribution is 6.29. The van der Waals surface area contributed by atoms with Gasteiger partial charge in [0.1, 0.15) is 6.29 Å². The SMILES string of the molecule is Nc1nnc(Cl)cc1C#CCC=O. The summed E-state index contributed by atoms with van der Waals surface area (Å²) in [5.41, 5.74) is 5.94. The molecule has 0 fully saturated rings. The number of aldehydes is 1. The highest BCUT2D eigenvalue weighted by Crippen LogP contribution is 2.10. The predicted octanol–water partition coefficient (Wildman–Crippen LogP) is 0.653. The van der Waals surface area contributed by atoms with E-state index in [-0.39, 0.29) is 17.4 Å². The highest BCUT2D eigenvalue weighted by atomic mass is 35.5. The molecular weight excluding hydrogens is 190 g/mol. The Kier molecular flexibility index (Phi) is 3.23. The molecule has 0 saturated carbocycles. The van der Waals surface area contributed by atoms with Crippen LogP contribution in [0, 0.1) is 11.8 Å². The van der Waals surface area contributed by atoms with E-state index in [1.54, 1.807) is 0 Å². The van der Waals surface area contributed by atoms with Crippen LogP contribution in [0.15, 0.2) is 6.07 Å². The van der Waals surface area contributed by atoms with E-state index in [2.05, 4.69) is 22.0 Å². The summed E-state index contributed by atoms with van der Waals surface area (Å²) in [6.07, 6.45) is 0.874. The average molecular weight is 196 g/mol. The number of hydrogen-bond acceptors (Lipinski definition) is 4. The first kappa shape index (κ1) is 9.49. The summed E-state index contributed by atoms with van der Waals surface area (Å²) < 4.78 is 0. The lowest BCUT2D eigenvalue weighted by atomic mass is 10.3. The predicted molar refractivity (Wildman–Crippen MR) is 49.0 cm³/mol. The number of anilines is 1. The first-order valence-corrected chi connectivity index (χ1v) is 3.83. The third kappa shape index (κ3) is 2.73. The van der Waals surface area contributed by atoms with Gasteiger partial charge in [-0.2, -0.15) is 0 Å². The Hall–Kier alpha value is -1.60. The van der Waals surface area contributed by atoms with Crippen molar-refractivity contribution in [3.8, 4) is 11.8 Å². The zero-order chi connectivity index (χ0) is 9.68. The molecule has 0 radical (unpaired) electrons. The lowest BCUT2D eigenvalue weighted by Gasteiger charge is -1.94. The fourth-order valence-electron chi connectivity index (χ4n) is 0.665. The molecule has 0 aromatic carbocycles. The molecule has 0 atom stereocenters. The maximum Gasteiger partial charge on any atom is 0.162 e. The topological polar surface area (TPSA) is 68.9 Å². The highest BCUT2D eigenvalue weighted by Gasteiger charge is 1.98. The monoisotopic (exact) mass is 195 g/mol. The molecule has 0 aliphatic carbocycles. The van der Waals surface area contributed by atoms with E-state index in [0.717, 1.165) is 0 Å². The Balaban J connectivity index is 2.95. The number of rotatable bonds is 1. The Bertz CT molecular complexity index is 381. The zero-order valence-electron chi connectivity index (χ0n) is 6.62. The quantitative estimate of drug-likeness (QED) is 0.528.